The molecule has 1 aliphatic rings. The summed E-state index contributed by atoms with van der Waals surface area (Å²) in [6, 6.07) is 4.48. The monoisotopic (exact) mass is 300 g/mol. The van der Waals surface area contributed by atoms with E-state index in [4.69, 9.17) is 0 Å². The van der Waals surface area contributed by atoms with Gasteiger partial charge in [0.25, 0.3) is 0 Å². The number of sulfonamides is 1. The highest BCUT2D eigenvalue weighted by molar-refractivity contribution is 7.89. The Morgan fingerprint density at radius 3 is 2.35 bits per heavy atom. The molecule has 0 unspecified atom stereocenters. The summed E-state index contributed by atoms with van der Waals surface area (Å²) in [5, 5.41) is 0. The molecule has 5 nitrogen and oxygen atoms in total. The van der Waals surface area contributed by atoms with Crippen LogP contribution in [-0.2, 0) is 14.8 Å². The quantitative estimate of drug-likeness (QED) is 0.906. The maximum Gasteiger partial charge on any atom is 0.241 e. The van der Waals surface area contributed by atoms with Crippen LogP contribution in [0.4, 0.5) is 4.39 Å². The van der Waals surface area contributed by atoms with E-state index in [1.54, 1.807) is 4.90 Å². The number of carbonyl (C=O) groups excluding carboxylic acids is 1. The van der Waals surface area contributed by atoms with Crippen molar-refractivity contribution in [2.45, 2.75) is 24.2 Å². The maximum absolute atomic E-state index is 12.8. The van der Waals surface area contributed by atoms with Crippen LogP contribution in [0.15, 0.2) is 29.2 Å². The number of hydrogen-bond donors (Lipinski definition) is 1. The predicted octanol–water partition coefficient (Wildman–Crippen LogP) is 1.12. The molecule has 0 spiro atoms. The van der Waals surface area contributed by atoms with E-state index >= 15 is 0 Å². The molecule has 110 valence electrons. The molecule has 20 heavy (non-hydrogen) atoms. The second-order valence-corrected chi connectivity index (χ2v) is 6.49. The average molecular weight is 300 g/mol. The summed E-state index contributed by atoms with van der Waals surface area (Å²) in [5.41, 5.74) is 0. The van der Waals surface area contributed by atoms with Crippen LogP contribution in [0.3, 0.4) is 0 Å². The van der Waals surface area contributed by atoms with Crippen LogP contribution in [0.5, 0.6) is 0 Å². The second-order valence-electron chi connectivity index (χ2n) is 4.72. The molecule has 1 aromatic rings. The van der Waals surface area contributed by atoms with E-state index < -0.39 is 15.8 Å². The van der Waals surface area contributed by atoms with Gasteiger partial charge in [0.2, 0.25) is 15.9 Å². The van der Waals surface area contributed by atoms with Crippen molar-refractivity contribution in [3.05, 3.63) is 30.1 Å². The molecule has 1 saturated heterocycles. The SMILES string of the molecule is O=C(CNS(=O)(=O)c1ccc(F)cc1)N1CCCCC1. The molecule has 0 aliphatic carbocycles. The fourth-order valence-corrected chi connectivity index (χ4v) is 3.08. The van der Waals surface area contributed by atoms with E-state index in [0.717, 1.165) is 31.4 Å². The molecule has 0 bridgehead atoms. The van der Waals surface area contributed by atoms with Gasteiger partial charge in [-0.3, -0.25) is 4.79 Å². The Morgan fingerprint density at radius 2 is 1.75 bits per heavy atom. The topological polar surface area (TPSA) is 66.5 Å². The van der Waals surface area contributed by atoms with E-state index in [9.17, 15) is 17.6 Å². The second kappa shape index (κ2) is 6.32. The van der Waals surface area contributed by atoms with Crippen molar-refractivity contribution < 1.29 is 17.6 Å². The zero-order valence-electron chi connectivity index (χ0n) is 11.0. The van der Waals surface area contributed by atoms with Gasteiger partial charge in [0.05, 0.1) is 11.4 Å². The number of piperidine rings is 1. The lowest BCUT2D eigenvalue weighted by molar-refractivity contribution is -0.130. The number of amides is 1. The van der Waals surface area contributed by atoms with E-state index in [2.05, 4.69) is 4.72 Å². The Hall–Kier alpha value is -1.47. The molecule has 1 heterocycles. The zero-order chi connectivity index (χ0) is 14.6. The third kappa shape index (κ3) is 3.77. The first-order valence-corrected chi connectivity index (χ1v) is 8.00. The first-order chi connectivity index (χ1) is 9.49. The number of halogens is 1. The van der Waals surface area contributed by atoms with Gasteiger partial charge in [-0.25, -0.2) is 17.5 Å². The Kier molecular flexibility index (Phi) is 4.72. The summed E-state index contributed by atoms with van der Waals surface area (Å²) in [5.74, 6) is -0.733. The van der Waals surface area contributed by atoms with Crippen LogP contribution >= 0.6 is 0 Å². The van der Waals surface area contributed by atoms with Crippen LogP contribution in [0.1, 0.15) is 19.3 Å². The summed E-state index contributed by atoms with van der Waals surface area (Å²) in [7, 11) is -3.77. The number of rotatable bonds is 4. The minimum atomic E-state index is -3.77. The number of carbonyl (C=O) groups is 1. The van der Waals surface area contributed by atoms with Gasteiger partial charge >= 0.3 is 0 Å². The fraction of sp³-hybridized carbons (Fsp3) is 0.462. The van der Waals surface area contributed by atoms with Gasteiger partial charge in [-0.2, -0.15) is 0 Å². The molecule has 0 atom stereocenters. The molecule has 2 rings (SSSR count). The molecule has 1 aliphatic heterocycles. The Bertz CT molecular complexity index is 566. The summed E-state index contributed by atoms with van der Waals surface area (Å²) in [4.78, 5) is 13.5. The lowest BCUT2D eigenvalue weighted by Gasteiger charge is -2.26. The number of hydrogen-bond acceptors (Lipinski definition) is 3. The fourth-order valence-electron chi connectivity index (χ4n) is 2.11. The van der Waals surface area contributed by atoms with Crippen molar-refractivity contribution in [3.63, 3.8) is 0 Å². The summed E-state index contributed by atoms with van der Waals surface area (Å²) >= 11 is 0. The van der Waals surface area contributed by atoms with Gasteiger partial charge in [-0.15, -0.1) is 0 Å². The molecule has 1 aromatic carbocycles. The molecular formula is C13H17FN2O3S. The van der Waals surface area contributed by atoms with Gasteiger partial charge in [-0.1, -0.05) is 0 Å². The highest BCUT2D eigenvalue weighted by Gasteiger charge is 2.20. The number of benzene rings is 1. The smallest absolute Gasteiger partial charge is 0.241 e. The van der Waals surface area contributed by atoms with Crippen molar-refractivity contribution in [3.8, 4) is 0 Å². The summed E-state index contributed by atoms with van der Waals surface area (Å²) in [6.45, 7) is 1.09. The molecule has 1 amide bonds. The third-order valence-electron chi connectivity index (χ3n) is 3.25. The summed E-state index contributed by atoms with van der Waals surface area (Å²) in [6.07, 6.45) is 3.01. The van der Waals surface area contributed by atoms with Gasteiger partial charge in [0.1, 0.15) is 5.82 Å². The van der Waals surface area contributed by atoms with Crippen molar-refractivity contribution in [2.75, 3.05) is 19.6 Å². The highest BCUT2D eigenvalue weighted by Crippen LogP contribution is 2.11. The van der Waals surface area contributed by atoms with Crippen LogP contribution in [-0.4, -0.2) is 38.9 Å². The first-order valence-electron chi connectivity index (χ1n) is 6.52. The minimum absolute atomic E-state index is 0.0506. The Balaban J connectivity index is 1.95. The van der Waals surface area contributed by atoms with Crippen molar-refractivity contribution in [1.82, 2.24) is 9.62 Å². The number of nitrogens with zero attached hydrogens (tertiary/aromatic N) is 1. The first kappa shape index (κ1) is 14.9. The normalized spacial score (nSPS) is 16.1. The number of likely N-dealkylation sites (tertiary alicyclic amines) is 1. The van der Waals surface area contributed by atoms with E-state index in [-0.39, 0.29) is 17.3 Å². The third-order valence-corrected chi connectivity index (χ3v) is 4.66. The van der Waals surface area contributed by atoms with Crippen molar-refractivity contribution in [2.24, 2.45) is 0 Å². The predicted molar refractivity (Wildman–Crippen MR) is 72.0 cm³/mol. The lowest BCUT2D eigenvalue weighted by Crippen LogP contribution is -2.42. The maximum atomic E-state index is 12.8. The Labute approximate surface area is 117 Å². The van der Waals surface area contributed by atoms with Gasteiger partial charge < -0.3 is 4.90 Å². The molecule has 7 heteroatoms. The van der Waals surface area contributed by atoms with Crippen LogP contribution in [0, 0.1) is 5.82 Å². The van der Waals surface area contributed by atoms with Crippen LogP contribution < -0.4 is 4.72 Å². The highest BCUT2D eigenvalue weighted by atomic mass is 32.2. The molecule has 0 aromatic heterocycles. The molecular weight excluding hydrogens is 283 g/mol. The Morgan fingerprint density at radius 1 is 1.15 bits per heavy atom. The molecule has 0 saturated carbocycles. The standard InChI is InChI=1S/C13H17FN2O3S/c14-11-4-6-12(7-5-11)20(18,19)15-10-13(17)16-8-2-1-3-9-16/h4-7,15H,1-3,8-10H2. The van der Waals surface area contributed by atoms with Gasteiger partial charge in [0.15, 0.2) is 0 Å². The minimum Gasteiger partial charge on any atom is -0.342 e. The van der Waals surface area contributed by atoms with E-state index in [0.29, 0.717) is 13.1 Å². The van der Waals surface area contributed by atoms with E-state index in [1.807, 2.05) is 0 Å². The summed E-state index contributed by atoms with van der Waals surface area (Å²) < 4.78 is 38.9. The van der Waals surface area contributed by atoms with E-state index in [1.165, 1.54) is 12.1 Å². The molecule has 0 radical (unpaired) electrons. The van der Waals surface area contributed by atoms with Crippen LogP contribution in [0.25, 0.3) is 0 Å². The molecule has 1 N–H and O–H groups in total. The zero-order valence-corrected chi connectivity index (χ0v) is 11.8. The van der Waals surface area contributed by atoms with Gasteiger partial charge in [-0.05, 0) is 43.5 Å². The number of nitrogens with one attached hydrogen (secondary N) is 1. The average Bonchev–Trinajstić information content (AvgIpc) is 2.46. The van der Waals surface area contributed by atoms with Crippen molar-refractivity contribution in [1.29, 1.82) is 0 Å². The molecule has 1 fully saturated rings. The van der Waals surface area contributed by atoms with Gasteiger partial charge in [0, 0.05) is 13.1 Å². The lowest BCUT2D eigenvalue weighted by atomic mass is 10.1. The van der Waals surface area contributed by atoms with Crippen LogP contribution in [0.2, 0.25) is 0 Å². The largest absolute Gasteiger partial charge is 0.342 e. The van der Waals surface area contributed by atoms with Crippen molar-refractivity contribution >= 4 is 15.9 Å².